The molecule has 1 fully saturated rings. The first-order chi connectivity index (χ1) is 17.5. The van der Waals surface area contributed by atoms with Gasteiger partial charge in [0.15, 0.2) is 5.11 Å². The van der Waals surface area contributed by atoms with Gasteiger partial charge < -0.3 is 30.5 Å². The van der Waals surface area contributed by atoms with E-state index in [1.54, 1.807) is 0 Å². The number of nitrogens with zero attached hydrogens (tertiary/aromatic N) is 3. The normalized spacial score (nSPS) is 14.8. The Morgan fingerprint density at radius 2 is 1.73 bits per heavy atom. The van der Waals surface area contributed by atoms with E-state index in [0.717, 1.165) is 56.0 Å². The smallest absolute Gasteiger partial charge is 0.407 e. The maximum atomic E-state index is 11.9. The molecule has 2 aromatic carbocycles. The summed E-state index contributed by atoms with van der Waals surface area (Å²) in [6, 6.07) is 15.3. The molecule has 0 bridgehead atoms. The number of thiocarbonyl (C=S) groups is 1. The van der Waals surface area contributed by atoms with Crippen LogP contribution in [0.3, 0.4) is 0 Å². The molecule has 2 aromatic rings. The third-order valence-corrected chi connectivity index (χ3v) is 6.81. The van der Waals surface area contributed by atoms with Crippen molar-refractivity contribution in [1.29, 1.82) is 0 Å². The second-order valence-electron chi connectivity index (χ2n) is 10.9. The minimum absolute atomic E-state index is 0.316. The predicted molar refractivity (Wildman–Crippen MR) is 157 cm³/mol. The molecule has 1 aliphatic rings. The number of likely N-dealkylation sites (N-methyl/N-ethyl adjacent to an activating group) is 1. The fourth-order valence-electron chi connectivity index (χ4n) is 4.39. The number of carbonyl (C=O) groups is 1. The number of alkyl carbamates (subject to hydrolysis) is 1. The molecule has 0 aliphatic carbocycles. The Balaban J connectivity index is 1.60. The van der Waals surface area contributed by atoms with Crippen LogP contribution in [0.4, 0.5) is 10.5 Å². The minimum Gasteiger partial charge on any atom is -0.444 e. The van der Waals surface area contributed by atoms with Crippen molar-refractivity contribution >= 4 is 29.1 Å². The second-order valence-corrected chi connectivity index (χ2v) is 11.3. The first-order valence-electron chi connectivity index (χ1n) is 13.2. The van der Waals surface area contributed by atoms with E-state index in [1.807, 2.05) is 25.7 Å². The number of aryl methyl sites for hydroxylation is 1. The van der Waals surface area contributed by atoms with Gasteiger partial charge in [-0.25, -0.2) is 4.79 Å². The number of benzene rings is 2. The summed E-state index contributed by atoms with van der Waals surface area (Å²) in [7, 11) is 2.19. The molecule has 1 saturated heterocycles. The number of rotatable bonds is 9. The number of anilines is 1. The van der Waals surface area contributed by atoms with Gasteiger partial charge in [0.1, 0.15) is 5.60 Å². The van der Waals surface area contributed by atoms with E-state index in [-0.39, 0.29) is 0 Å². The van der Waals surface area contributed by atoms with E-state index in [1.165, 1.54) is 11.1 Å². The van der Waals surface area contributed by atoms with Crippen molar-refractivity contribution in [2.75, 3.05) is 57.8 Å². The van der Waals surface area contributed by atoms with E-state index < -0.39 is 11.7 Å². The number of amides is 1. The Hall–Kier alpha value is -2.68. The highest BCUT2D eigenvalue weighted by Crippen LogP contribution is 2.28. The summed E-state index contributed by atoms with van der Waals surface area (Å²) in [5.74, 6) is 0. The lowest BCUT2D eigenvalue weighted by atomic mass is 10.00. The zero-order valence-electron chi connectivity index (χ0n) is 23.0. The lowest BCUT2D eigenvalue weighted by molar-refractivity contribution is 0.0527. The van der Waals surface area contributed by atoms with Crippen LogP contribution in [-0.2, 0) is 11.2 Å². The monoisotopic (exact) mass is 525 g/mol. The number of nitrogens with one attached hydrogen (secondary N) is 1. The van der Waals surface area contributed by atoms with Crippen LogP contribution < -0.4 is 16.0 Å². The number of piperazine rings is 1. The van der Waals surface area contributed by atoms with Crippen molar-refractivity contribution in [2.45, 2.75) is 46.1 Å². The van der Waals surface area contributed by atoms with Crippen LogP contribution in [0, 0.1) is 6.92 Å². The van der Waals surface area contributed by atoms with Crippen molar-refractivity contribution < 1.29 is 9.53 Å². The fourth-order valence-corrected chi connectivity index (χ4v) is 4.58. The summed E-state index contributed by atoms with van der Waals surface area (Å²) in [6.07, 6.45) is 1.33. The van der Waals surface area contributed by atoms with Gasteiger partial charge in [-0.1, -0.05) is 36.4 Å². The Morgan fingerprint density at radius 1 is 1.08 bits per heavy atom. The molecule has 37 heavy (non-hydrogen) atoms. The summed E-state index contributed by atoms with van der Waals surface area (Å²) >= 11 is 5.38. The highest BCUT2D eigenvalue weighted by molar-refractivity contribution is 7.80. The molecule has 8 heteroatoms. The second kappa shape index (κ2) is 13.2. The third kappa shape index (κ3) is 9.29. The molecule has 3 rings (SSSR count). The maximum Gasteiger partial charge on any atom is 0.407 e. The summed E-state index contributed by atoms with van der Waals surface area (Å²) in [6.45, 7) is 14.4. The van der Waals surface area contributed by atoms with Gasteiger partial charge in [-0.15, -0.1) is 0 Å². The van der Waals surface area contributed by atoms with Gasteiger partial charge >= 0.3 is 6.09 Å². The number of carbonyl (C=O) groups excluding carboxylic acids is 1. The summed E-state index contributed by atoms with van der Waals surface area (Å²) in [5, 5.41) is 3.11. The SMILES string of the molecule is Cc1ccc(-c2ccc(CCN3CCN(C)CC3)cc2)cc1N(CCCNC(=O)OC(C)(C)C)C(N)=S. The molecule has 0 atom stereocenters. The zero-order chi connectivity index (χ0) is 27.0. The number of hydrogen-bond acceptors (Lipinski definition) is 5. The molecule has 0 saturated carbocycles. The highest BCUT2D eigenvalue weighted by Gasteiger charge is 2.17. The third-order valence-electron chi connectivity index (χ3n) is 6.59. The van der Waals surface area contributed by atoms with Crippen LogP contribution in [0.15, 0.2) is 42.5 Å². The number of ether oxygens (including phenoxy) is 1. The average Bonchev–Trinajstić information content (AvgIpc) is 2.83. The molecular weight excluding hydrogens is 482 g/mol. The standard InChI is InChI=1S/C29H43N5O2S/c1-22-7-10-25(24-11-8-23(9-12-24)13-16-33-19-17-32(5)18-20-33)21-26(22)34(27(30)37)15-6-14-31-28(35)36-29(2,3)4/h7-12,21H,6,13-20H2,1-5H3,(H2,30,37)(H,31,35). The quantitative estimate of drug-likeness (QED) is 0.371. The fraction of sp³-hybridized carbons (Fsp3) is 0.517. The van der Waals surface area contributed by atoms with Crippen LogP contribution in [0.2, 0.25) is 0 Å². The van der Waals surface area contributed by atoms with Gasteiger partial charge in [-0.05, 0) is 88.1 Å². The van der Waals surface area contributed by atoms with Crippen molar-refractivity contribution in [3.63, 3.8) is 0 Å². The van der Waals surface area contributed by atoms with Gasteiger partial charge in [0.05, 0.1) is 0 Å². The molecule has 0 spiro atoms. The van der Waals surface area contributed by atoms with E-state index in [9.17, 15) is 4.79 Å². The Bertz CT molecular complexity index is 1040. The molecule has 1 aliphatic heterocycles. The largest absolute Gasteiger partial charge is 0.444 e. The van der Waals surface area contributed by atoms with Crippen LogP contribution in [0.25, 0.3) is 11.1 Å². The first kappa shape index (κ1) is 28.9. The Kier molecular flexibility index (Phi) is 10.3. The zero-order valence-corrected chi connectivity index (χ0v) is 23.9. The van der Waals surface area contributed by atoms with Crippen LogP contribution in [0.5, 0.6) is 0 Å². The van der Waals surface area contributed by atoms with E-state index in [2.05, 4.69) is 71.6 Å². The molecule has 1 heterocycles. The summed E-state index contributed by atoms with van der Waals surface area (Å²) in [5.41, 5.74) is 11.3. The van der Waals surface area contributed by atoms with Gasteiger partial charge in [0, 0.05) is 51.5 Å². The molecule has 202 valence electrons. The minimum atomic E-state index is -0.519. The molecule has 0 radical (unpaired) electrons. The van der Waals surface area contributed by atoms with Crippen LogP contribution >= 0.6 is 12.2 Å². The van der Waals surface area contributed by atoms with Crippen molar-refractivity contribution in [2.24, 2.45) is 5.73 Å². The maximum absolute atomic E-state index is 11.9. The van der Waals surface area contributed by atoms with Crippen LogP contribution in [-0.4, -0.2) is 79.5 Å². The van der Waals surface area contributed by atoms with E-state index in [4.69, 9.17) is 22.7 Å². The van der Waals surface area contributed by atoms with E-state index >= 15 is 0 Å². The molecule has 1 amide bonds. The Labute approximate surface area is 227 Å². The van der Waals surface area contributed by atoms with Crippen LogP contribution in [0.1, 0.15) is 38.3 Å². The molecule has 0 aromatic heterocycles. The van der Waals surface area contributed by atoms with Gasteiger partial charge in [0.25, 0.3) is 0 Å². The summed E-state index contributed by atoms with van der Waals surface area (Å²) < 4.78 is 5.30. The lowest BCUT2D eigenvalue weighted by Crippen LogP contribution is -2.45. The molecule has 7 nitrogen and oxygen atoms in total. The Morgan fingerprint density at radius 3 is 2.35 bits per heavy atom. The number of nitrogens with two attached hydrogens (primary N) is 1. The van der Waals surface area contributed by atoms with Gasteiger partial charge in [-0.2, -0.15) is 0 Å². The highest BCUT2D eigenvalue weighted by atomic mass is 32.1. The topological polar surface area (TPSA) is 74.1 Å². The lowest BCUT2D eigenvalue weighted by Gasteiger charge is -2.32. The van der Waals surface area contributed by atoms with Crippen molar-refractivity contribution in [3.8, 4) is 11.1 Å². The first-order valence-corrected chi connectivity index (χ1v) is 13.6. The van der Waals surface area contributed by atoms with E-state index in [0.29, 0.717) is 24.6 Å². The molecule has 0 unspecified atom stereocenters. The molecular formula is C29H43N5O2S. The molecule has 3 N–H and O–H groups in total. The number of hydrogen-bond donors (Lipinski definition) is 2. The van der Waals surface area contributed by atoms with Gasteiger partial charge in [-0.3, -0.25) is 0 Å². The average molecular weight is 526 g/mol. The van der Waals surface area contributed by atoms with Crippen molar-refractivity contribution in [1.82, 2.24) is 15.1 Å². The predicted octanol–water partition coefficient (Wildman–Crippen LogP) is 4.42. The summed E-state index contributed by atoms with van der Waals surface area (Å²) in [4.78, 5) is 18.8. The van der Waals surface area contributed by atoms with Gasteiger partial charge in [0.2, 0.25) is 0 Å². The van der Waals surface area contributed by atoms with Crippen molar-refractivity contribution in [3.05, 3.63) is 53.6 Å².